The van der Waals surface area contributed by atoms with Crippen molar-refractivity contribution in [1.82, 2.24) is 15.2 Å². The Balaban J connectivity index is 1.81. The Morgan fingerprint density at radius 3 is 2.80 bits per heavy atom. The Morgan fingerprint density at radius 1 is 1.36 bits per heavy atom. The quantitative estimate of drug-likeness (QED) is 0.434. The molecule has 3 rings (SSSR count). The normalized spacial score (nSPS) is 11.4. The first-order chi connectivity index (χ1) is 11.8. The molecule has 0 fully saturated rings. The molecule has 2 aromatic heterocycles. The summed E-state index contributed by atoms with van der Waals surface area (Å²) in [6, 6.07) is 7.10. The molecule has 1 aromatic carbocycles. The number of hydrogen-bond acceptors (Lipinski definition) is 8. The van der Waals surface area contributed by atoms with Gasteiger partial charge in [0.1, 0.15) is 5.82 Å². The van der Waals surface area contributed by atoms with Crippen molar-refractivity contribution in [2.24, 2.45) is 5.14 Å². The van der Waals surface area contributed by atoms with Crippen LogP contribution in [-0.2, 0) is 16.6 Å². The van der Waals surface area contributed by atoms with Gasteiger partial charge < -0.3 is 5.32 Å². The number of benzene rings is 1. The number of anilines is 1. The molecular formula is C13H12N6O4S2. The fourth-order valence-electron chi connectivity index (χ4n) is 2.03. The summed E-state index contributed by atoms with van der Waals surface area (Å²) in [6.45, 7) is 0.170. The van der Waals surface area contributed by atoms with E-state index in [9.17, 15) is 18.5 Å². The number of H-pyrrole nitrogens is 1. The summed E-state index contributed by atoms with van der Waals surface area (Å²) in [5.74, 6) is 1.03. The number of nitro benzene ring substituents is 1. The van der Waals surface area contributed by atoms with Gasteiger partial charge in [0.05, 0.1) is 21.2 Å². The van der Waals surface area contributed by atoms with Crippen molar-refractivity contribution in [3.63, 3.8) is 0 Å². The molecule has 2 heterocycles. The number of rotatable bonds is 6. The molecule has 25 heavy (non-hydrogen) atoms. The zero-order chi connectivity index (χ0) is 18.0. The fraction of sp³-hybridized carbons (Fsp3) is 0.0769. The third-order valence-electron chi connectivity index (χ3n) is 3.16. The van der Waals surface area contributed by atoms with Crippen molar-refractivity contribution in [2.45, 2.75) is 11.4 Å². The van der Waals surface area contributed by atoms with Gasteiger partial charge in [0.25, 0.3) is 5.69 Å². The summed E-state index contributed by atoms with van der Waals surface area (Å²) in [5.41, 5.74) is -0.154. The summed E-state index contributed by atoms with van der Waals surface area (Å²) in [6.07, 6.45) is 0. The molecule has 0 aliphatic rings. The largest absolute Gasteiger partial charge is 0.378 e. The van der Waals surface area contributed by atoms with Gasteiger partial charge in [0.2, 0.25) is 10.0 Å². The second-order valence-electron chi connectivity index (χ2n) is 4.95. The van der Waals surface area contributed by atoms with Crippen LogP contribution in [0, 0.1) is 10.1 Å². The third-order valence-corrected chi connectivity index (χ3v) is 4.92. The second kappa shape index (κ2) is 6.58. The summed E-state index contributed by atoms with van der Waals surface area (Å²) in [5, 5.41) is 27.6. The van der Waals surface area contributed by atoms with Crippen molar-refractivity contribution in [2.75, 3.05) is 5.32 Å². The number of hydrogen-bond donors (Lipinski definition) is 3. The van der Waals surface area contributed by atoms with E-state index in [4.69, 9.17) is 5.14 Å². The van der Waals surface area contributed by atoms with Crippen LogP contribution in [0.4, 0.5) is 11.4 Å². The number of nitrogens with one attached hydrogen (secondary N) is 2. The van der Waals surface area contributed by atoms with Crippen LogP contribution in [0.25, 0.3) is 10.7 Å². The molecule has 0 saturated carbocycles. The highest BCUT2D eigenvalue weighted by molar-refractivity contribution is 7.89. The van der Waals surface area contributed by atoms with Gasteiger partial charge in [0.15, 0.2) is 5.82 Å². The summed E-state index contributed by atoms with van der Waals surface area (Å²) >= 11 is 1.49. The van der Waals surface area contributed by atoms with Gasteiger partial charge in [-0.2, -0.15) is 5.10 Å². The minimum absolute atomic E-state index is 0.170. The standard InChI is InChI=1S/C13H12N6O4S2/c14-25(22,23)10-5-8(4-9(6-10)19(20)21)15-7-12-16-13(18-17-12)11-2-1-3-24-11/h1-6,15H,7H2,(H2,14,22,23)(H,16,17,18). The smallest absolute Gasteiger partial charge is 0.272 e. The van der Waals surface area contributed by atoms with E-state index in [2.05, 4.69) is 20.5 Å². The Morgan fingerprint density at radius 2 is 2.16 bits per heavy atom. The highest BCUT2D eigenvalue weighted by atomic mass is 32.2. The van der Waals surface area contributed by atoms with Crippen LogP contribution in [0.1, 0.15) is 5.82 Å². The van der Waals surface area contributed by atoms with E-state index in [0.717, 1.165) is 10.9 Å². The minimum atomic E-state index is -4.07. The van der Waals surface area contributed by atoms with Crippen molar-refractivity contribution >= 4 is 32.7 Å². The monoisotopic (exact) mass is 380 g/mol. The molecule has 0 amide bonds. The van der Waals surface area contributed by atoms with Gasteiger partial charge in [-0.3, -0.25) is 15.2 Å². The van der Waals surface area contributed by atoms with Crippen LogP contribution in [0.3, 0.4) is 0 Å². The molecule has 12 heteroatoms. The lowest BCUT2D eigenvalue weighted by Crippen LogP contribution is -2.13. The van der Waals surface area contributed by atoms with Gasteiger partial charge >= 0.3 is 0 Å². The highest BCUT2D eigenvalue weighted by Gasteiger charge is 2.16. The average Bonchev–Trinajstić information content (AvgIpc) is 3.23. The number of sulfonamides is 1. The molecule has 3 aromatic rings. The molecule has 130 valence electrons. The van der Waals surface area contributed by atoms with Gasteiger partial charge in [-0.15, -0.1) is 11.3 Å². The number of nitrogens with two attached hydrogens (primary N) is 1. The first-order valence-electron chi connectivity index (χ1n) is 6.84. The van der Waals surface area contributed by atoms with E-state index in [1.807, 2.05) is 17.5 Å². The first-order valence-corrected chi connectivity index (χ1v) is 9.27. The number of primary sulfonamides is 1. The van der Waals surface area contributed by atoms with E-state index in [1.165, 1.54) is 23.5 Å². The SMILES string of the molecule is NS(=O)(=O)c1cc(NCc2nc(-c3cccs3)n[nH]2)cc([N+](=O)[O-])c1. The molecule has 0 saturated heterocycles. The third kappa shape index (κ3) is 3.99. The molecule has 0 spiro atoms. The lowest BCUT2D eigenvalue weighted by molar-refractivity contribution is -0.385. The van der Waals surface area contributed by atoms with E-state index >= 15 is 0 Å². The maximum Gasteiger partial charge on any atom is 0.272 e. The topological polar surface area (TPSA) is 157 Å². The molecule has 10 nitrogen and oxygen atoms in total. The molecule has 0 unspecified atom stereocenters. The summed E-state index contributed by atoms with van der Waals surface area (Å²) < 4.78 is 22.9. The molecule has 0 aliphatic carbocycles. The fourth-order valence-corrected chi connectivity index (χ4v) is 3.27. The Bertz CT molecular complexity index is 1010. The van der Waals surface area contributed by atoms with E-state index in [0.29, 0.717) is 11.6 Å². The summed E-state index contributed by atoms with van der Waals surface area (Å²) in [4.78, 5) is 15.1. The van der Waals surface area contributed by atoms with Crippen LogP contribution < -0.4 is 10.5 Å². The van der Waals surface area contributed by atoms with Gasteiger partial charge in [-0.05, 0) is 17.5 Å². The lowest BCUT2D eigenvalue weighted by Gasteiger charge is -2.06. The van der Waals surface area contributed by atoms with Crippen LogP contribution in [0.2, 0.25) is 0 Å². The number of nitrogens with zero attached hydrogens (tertiary/aromatic N) is 3. The number of aromatic nitrogens is 3. The van der Waals surface area contributed by atoms with Crippen LogP contribution in [-0.4, -0.2) is 28.5 Å². The van der Waals surface area contributed by atoms with Crippen molar-refractivity contribution in [3.8, 4) is 10.7 Å². The average molecular weight is 380 g/mol. The molecule has 4 N–H and O–H groups in total. The van der Waals surface area contributed by atoms with Crippen molar-refractivity contribution in [1.29, 1.82) is 0 Å². The van der Waals surface area contributed by atoms with Gasteiger partial charge in [0, 0.05) is 17.8 Å². The van der Waals surface area contributed by atoms with Gasteiger partial charge in [-0.25, -0.2) is 18.5 Å². The van der Waals surface area contributed by atoms with Crippen molar-refractivity contribution < 1.29 is 13.3 Å². The minimum Gasteiger partial charge on any atom is -0.378 e. The number of non-ortho nitro benzene ring substituents is 1. The van der Waals surface area contributed by atoms with E-state index in [-0.39, 0.29) is 22.8 Å². The number of aromatic amines is 1. The first kappa shape index (κ1) is 17.0. The molecule has 0 bridgehead atoms. The Hall–Kier alpha value is -2.83. The Kier molecular flexibility index (Phi) is 4.48. The number of nitro groups is 1. The summed E-state index contributed by atoms with van der Waals surface area (Å²) in [7, 11) is -4.07. The predicted octanol–water partition coefficient (Wildman–Crippen LogP) is 1.70. The molecular weight excluding hydrogens is 368 g/mol. The maximum atomic E-state index is 11.5. The van der Waals surface area contributed by atoms with E-state index < -0.39 is 14.9 Å². The van der Waals surface area contributed by atoms with Gasteiger partial charge in [-0.1, -0.05) is 6.07 Å². The van der Waals surface area contributed by atoms with Crippen LogP contribution >= 0.6 is 11.3 Å². The van der Waals surface area contributed by atoms with E-state index in [1.54, 1.807) is 0 Å². The second-order valence-corrected chi connectivity index (χ2v) is 7.46. The highest BCUT2D eigenvalue weighted by Crippen LogP contribution is 2.24. The molecule has 0 aliphatic heterocycles. The predicted molar refractivity (Wildman–Crippen MR) is 91.5 cm³/mol. The van der Waals surface area contributed by atoms with Crippen LogP contribution in [0.15, 0.2) is 40.6 Å². The molecule has 0 radical (unpaired) electrons. The van der Waals surface area contributed by atoms with Crippen molar-refractivity contribution in [3.05, 3.63) is 51.7 Å². The Labute approximate surface area is 145 Å². The zero-order valence-electron chi connectivity index (χ0n) is 12.5. The van der Waals surface area contributed by atoms with Crippen LogP contribution in [0.5, 0.6) is 0 Å². The molecule has 0 atom stereocenters. The maximum absolute atomic E-state index is 11.5. The number of thiophene rings is 1. The lowest BCUT2D eigenvalue weighted by atomic mass is 10.3. The zero-order valence-corrected chi connectivity index (χ0v) is 14.2.